The van der Waals surface area contributed by atoms with Crippen molar-refractivity contribution in [3.8, 4) is 0 Å². The van der Waals surface area contributed by atoms with Gasteiger partial charge in [-0.05, 0) is 55.8 Å². The number of unbranched alkanes of at least 4 members (excludes halogenated alkanes) is 4. The summed E-state index contributed by atoms with van der Waals surface area (Å²) >= 11 is 0.785. The molecule has 0 bridgehead atoms. The van der Waals surface area contributed by atoms with E-state index in [9.17, 15) is 19.7 Å². The first kappa shape index (κ1) is 24.2. The van der Waals surface area contributed by atoms with Crippen molar-refractivity contribution in [3.05, 3.63) is 39.6 Å². The number of thiazole rings is 1. The molecule has 0 aliphatic heterocycles. The molecule has 5 N–H and O–H groups in total. The van der Waals surface area contributed by atoms with Gasteiger partial charge < -0.3 is 16.4 Å². The number of carbonyl (C=O) groups is 2. The van der Waals surface area contributed by atoms with Gasteiger partial charge in [0.2, 0.25) is 5.91 Å². The number of anilines is 3. The lowest BCUT2D eigenvalue weighted by atomic mass is 10.1. The van der Waals surface area contributed by atoms with Gasteiger partial charge in [-0.15, -0.1) is 0 Å². The van der Waals surface area contributed by atoms with Crippen molar-refractivity contribution in [2.75, 3.05) is 29.0 Å². The number of aromatic nitrogens is 1. The third-order valence-electron chi connectivity index (χ3n) is 4.44. The van der Waals surface area contributed by atoms with E-state index in [-0.39, 0.29) is 27.3 Å². The van der Waals surface area contributed by atoms with E-state index in [2.05, 4.69) is 20.9 Å². The first-order valence-electron chi connectivity index (χ1n) is 10.1. The molecule has 1 aromatic carbocycles. The number of benzene rings is 1. The highest BCUT2D eigenvalue weighted by atomic mass is 32.1. The molecule has 0 spiro atoms. The topological polar surface area (TPSA) is 152 Å². The average molecular weight is 449 g/mol. The van der Waals surface area contributed by atoms with Crippen molar-refractivity contribution in [2.24, 2.45) is 5.73 Å². The monoisotopic (exact) mass is 448 g/mol. The van der Waals surface area contributed by atoms with Crippen LogP contribution in [0.1, 0.15) is 55.1 Å². The van der Waals surface area contributed by atoms with Crippen LogP contribution in [0.4, 0.5) is 21.5 Å². The summed E-state index contributed by atoms with van der Waals surface area (Å²) in [6.45, 7) is 4.36. The Bertz CT molecular complexity index is 930. The lowest BCUT2D eigenvalue weighted by Gasteiger charge is -2.13. The van der Waals surface area contributed by atoms with Crippen LogP contribution in [0.5, 0.6) is 0 Å². The maximum Gasteiger partial charge on any atom is 0.348 e. The number of nitrogens with zero attached hydrogens (tertiary/aromatic N) is 2. The van der Waals surface area contributed by atoms with Gasteiger partial charge >= 0.3 is 5.00 Å². The maximum absolute atomic E-state index is 12.7. The van der Waals surface area contributed by atoms with Gasteiger partial charge in [-0.3, -0.25) is 25.0 Å². The highest BCUT2D eigenvalue weighted by molar-refractivity contribution is 7.19. The summed E-state index contributed by atoms with van der Waals surface area (Å²) in [6.07, 6.45) is 5.43. The van der Waals surface area contributed by atoms with Gasteiger partial charge in [-0.2, -0.15) is 0 Å². The SMILES string of the molecule is CC(=O)Nc1cc(NCCCCCCCN)ccc1C(=O)Nc1nc(C)c([N+](=O)[O-])s1. The normalized spacial score (nSPS) is 10.5. The molecule has 1 aromatic heterocycles. The molecule has 1 heterocycles. The molecular weight excluding hydrogens is 420 g/mol. The van der Waals surface area contributed by atoms with Crippen LogP contribution in [-0.4, -0.2) is 34.8 Å². The molecule has 0 aliphatic carbocycles. The van der Waals surface area contributed by atoms with Crippen LogP contribution in [-0.2, 0) is 4.79 Å². The van der Waals surface area contributed by atoms with Gasteiger partial charge in [-0.25, -0.2) is 4.98 Å². The molecule has 0 radical (unpaired) electrons. The Morgan fingerprint density at radius 3 is 2.52 bits per heavy atom. The molecular formula is C20H28N6O4S. The molecule has 11 heteroatoms. The fourth-order valence-corrected chi connectivity index (χ4v) is 3.73. The number of hydrogen-bond acceptors (Lipinski definition) is 8. The Balaban J connectivity index is 2.04. The van der Waals surface area contributed by atoms with Crippen LogP contribution in [0.2, 0.25) is 0 Å². The maximum atomic E-state index is 12.7. The van der Waals surface area contributed by atoms with Gasteiger partial charge in [-0.1, -0.05) is 19.3 Å². The van der Waals surface area contributed by atoms with Crippen LogP contribution >= 0.6 is 11.3 Å². The molecule has 10 nitrogen and oxygen atoms in total. The number of nitro groups is 1. The van der Waals surface area contributed by atoms with Crippen molar-refractivity contribution >= 4 is 44.7 Å². The molecule has 0 atom stereocenters. The van der Waals surface area contributed by atoms with Crippen LogP contribution in [0, 0.1) is 17.0 Å². The highest BCUT2D eigenvalue weighted by Gasteiger charge is 2.20. The minimum absolute atomic E-state index is 0.125. The lowest BCUT2D eigenvalue weighted by Crippen LogP contribution is -2.17. The predicted molar refractivity (Wildman–Crippen MR) is 123 cm³/mol. The van der Waals surface area contributed by atoms with E-state index < -0.39 is 10.8 Å². The zero-order valence-electron chi connectivity index (χ0n) is 17.7. The quantitative estimate of drug-likeness (QED) is 0.218. The Morgan fingerprint density at radius 2 is 1.87 bits per heavy atom. The second kappa shape index (κ2) is 12.0. The number of amides is 2. The molecule has 0 saturated carbocycles. The third kappa shape index (κ3) is 7.61. The first-order valence-corrected chi connectivity index (χ1v) is 10.9. The van der Waals surface area contributed by atoms with Crippen molar-refractivity contribution < 1.29 is 14.5 Å². The summed E-state index contributed by atoms with van der Waals surface area (Å²) in [5.41, 5.74) is 7.08. The molecule has 2 rings (SSSR count). The van der Waals surface area contributed by atoms with Gasteiger partial charge in [0.25, 0.3) is 5.91 Å². The molecule has 0 fully saturated rings. The first-order chi connectivity index (χ1) is 14.8. The minimum atomic E-state index is -0.538. The summed E-state index contributed by atoms with van der Waals surface area (Å²) < 4.78 is 0. The Hall–Kier alpha value is -3.05. The van der Waals surface area contributed by atoms with E-state index in [1.54, 1.807) is 18.2 Å². The summed E-state index contributed by atoms with van der Waals surface area (Å²) in [5, 5.41) is 19.5. The smallest absolute Gasteiger partial charge is 0.348 e. The van der Waals surface area contributed by atoms with Crippen molar-refractivity contribution in [3.63, 3.8) is 0 Å². The van der Waals surface area contributed by atoms with E-state index in [0.717, 1.165) is 62.2 Å². The van der Waals surface area contributed by atoms with Gasteiger partial charge in [0.15, 0.2) is 5.13 Å². The van der Waals surface area contributed by atoms with E-state index in [1.807, 2.05) is 0 Å². The summed E-state index contributed by atoms with van der Waals surface area (Å²) in [4.78, 5) is 38.8. The lowest BCUT2D eigenvalue weighted by molar-refractivity contribution is -0.380. The molecule has 31 heavy (non-hydrogen) atoms. The largest absolute Gasteiger partial charge is 0.385 e. The second-order valence-electron chi connectivity index (χ2n) is 7.05. The minimum Gasteiger partial charge on any atom is -0.385 e. The molecule has 168 valence electrons. The summed E-state index contributed by atoms with van der Waals surface area (Å²) in [7, 11) is 0. The van der Waals surface area contributed by atoms with E-state index in [4.69, 9.17) is 5.73 Å². The van der Waals surface area contributed by atoms with Crippen molar-refractivity contribution in [1.29, 1.82) is 0 Å². The standard InChI is InChI=1S/C20H28N6O4S/c1-13-19(26(29)30)31-20(23-13)25-18(28)16-9-8-15(12-17(16)24-14(2)27)22-11-7-5-3-4-6-10-21/h8-9,12,22H,3-7,10-11,21H2,1-2H3,(H,24,27)(H,23,25,28). The number of nitrogens with two attached hydrogens (primary N) is 1. The average Bonchev–Trinajstić information content (AvgIpc) is 3.07. The zero-order valence-corrected chi connectivity index (χ0v) is 18.5. The van der Waals surface area contributed by atoms with Gasteiger partial charge in [0.05, 0.1) is 16.2 Å². The number of nitrogens with one attached hydrogen (secondary N) is 3. The fraction of sp³-hybridized carbons (Fsp3) is 0.450. The van der Waals surface area contributed by atoms with Crippen molar-refractivity contribution in [2.45, 2.75) is 46.0 Å². The van der Waals surface area contributed by atoms with E-state index in [1.165, 1.54) is 13.8 Å². The summed E-state index contributed by atoms with van der Waals surface area (Å²) in [5.74, 6) is -0.828. The van der Waals surface area contributed by atoms with Crippen molar-refractivity contribution in [1.82, 2.24) is 4.98 Å². The Morgan fingerprint density at radius 1 is 1.16 bits per heavy atom. The van der Waals surface area contributed by atoms with Crippen LogP contribution in [0.3, 0.4) is 0 Å². The van der Waals surface area contributed by atoms with E-state index >= 15 is 0 Å². The number of carbonyl (C=O) groups excluding carboxylic acids is 2. The molecule has 0 unspecified atom stereocenters. The number of aryl methyl sites for hydroxylation is 1. The van der Waals surface area contributed by atoms with E-state index in [0.29, 0.717) is 5.69 Å². The van der Waals surface area contributed by atoms with Crippen LogP contribution < -0.4 is 21.7 Å². The van der Waals surface area contributed by atoms with Crippen LogP contribution in [0.25, 0.3) is 0 Å². The summed E-state index contributed by atoms with van der Waals surface area (Å²) in [6, 6.07) is 5.05. The molecule has 0 aliphatic rings. The Kier molecular flexibility index (Phi) is 9.35. The molecule has 0 saturated heterocycles. The zero-order chi connectivity index (χ0) is 22.8. The number of hydrogen-bond donors (Lipinski definition) is 4. The molecule has 2 amide bonds. The van der Waals surface area contributed by atoms with Gasteiger partial charge in [0.1, 0.15) is 5.69 Å². The molecule has 2 aromatic rings. The predicted octanol–water partition coefficient (Wildman–Crippen LogP) is 3.89. The fourth-order valence-electron chi connectivity index (χ4n) is 2.95. The number of rotatable bonds is 12. The van der Waals surface area contributed by atoms with Crippen LogP contribution in [0.15, 0.2) is 18.2 Å². The third-order valence-corrected chi connectivity index (χ3v) is 5.47. The van der Waals surface area contributed by atoms with Gasteiger partial charge in [0, 0.05) is 19.2 Å². The highest BCUT2D eigenvalue weighted by Crippen LogP contribution is 2.30. The Labute approximate surface area is 184 Å². The second-order valence-corrected chi connectivity index (χ2v) is 8.02.